The van der Waals surface area contributed by atoms with Crippen molar-refractivity contribution in [3.63, 3.8) is 0 Å². The van der Waals surface area contributed by atoms with Crippen LogP contribution in [0.3, 0.4) is 0 Å². The van der Waals surface area contributed by atoms with Gasteiger partial charge in [0.25, 0.3) is 0 Å². The SMILES string of the molecule is S=C(NCCCN1CCOCC1)N1CCN(Cc2ccc(Cl)cc2)CC1. The average Bonchev–Trinajstić information content (AvgIpc) is 2.68. The number of morpholine rings is 1. The van der Waals surface area contributed by atoms with Crippen molar-refractivity contribution in [2.45, 2.75) is 13.0 Å². The van der Waals surface area contributed by atoms with Gasteiger partial charge in [-0.2, -0.15) is 0 Å². The van der Waals surface area contributed by atoms with E-state index < -0.39 is 0 Å². The van der Waals surface area contributed by atoms with Crippen LogP contribution < -0.4 is 5.32 Å². The Hall–Kier alpha value is -0.920. The topological polar surface area (TPSA) is 31.0 Å². The van der Waals surface area contributed by atoms with Gasteiger partial charge in [-0.3, -0.25) is 9.80 Å². The molecule has 26 heavy (non-hydrogen) atoms. The summed E-state index contributed by atoms with van der Waals surface area (Å²) in [6, 6.07) is 8.14. The monoisotopic (exact) mass is 396 g/mol. The number of nitrogens with zero attached hydrogens (tertiary/aromatic N) is 3. The van der Waals surface area contributed by atoms with Gasteiger partial charge in [0, 0.05) is 57.4 Å². The highest BCUT2D eigenvalue weighted by Crippen LogP contribution is 2.13. The minimum atomic E-state index is 0.795. The Balaban J connectivity index is 1.29. The second kappa shape index (κ2) is 10.4. The van der Waals surface area contributed by atoms with Crippen LogP contribution in [0, 0.1) is 0 Å². The molecule has 144 valence electrons. The Morgan fingerprint density at radius 3 is 2.38 bits per heavy atom. The molecule has 0 spiro atoms. The second-order valence-electron chi connectivity index (χ2n) is 6.93. The van der Waals surface area contributed by atoms with E-state index in [4.69, 9.17) is 28.6 Å². The van der Waals surface area contributed by atoms with E-state index in [1.165, 1.54) is 5.56 Å². The third-order valence-electron chi connectivity index (χ3n) is 5.01. The molecule has 0 atom stereocenters. The predicted molar refractivity (Wildman–Crippen MR) is 111 cm³/mol. The standard InChI is InChI=1S/C19H29ClN4OS/c20-18-4-2-17(3-5-18)16-23-8-10-24(11-9-23)19(26)21-6-1-7-22-12-14-25-15-13-22/h2-5H,1,6-16H2,(H,21,26). The molecule has 2 heterocycles. The van der Waals surface area contributed by atoms with Crippen LogP contribution in [0.1, 0.15) is 12.0 Å². The molecule has 2 aliphatic rings. The van der Waals surface area contributed by atoms with Gasteiger partial charge in [0.1, 0.15) is 0 Å². The summed E-state index contributed by atoms with van der Waals surface area (Å²) < 4.78 is 5.38. The Morgan fingerprint density at radius 1 is 1.00 bits per heavy atom. The zero-order valence-electron chi connectivity index (χ0n) is 15.3. The van der Waals surface area contributed by atoms with Crippen molar-refractivity contribution in [2.75, 3.05) is 65.6 Å². The molecular weight excluding hydrogens is 368 g/mol. The lowest BCUT2D eigenvalue weighted by atomic mass is 10.2. The first kappa shape index (κ1) is 19.8. The van der Waals surface area contributed by atoms with Gasteiger partial charge in [-0.1, -0.05) is 23.7 Å². The van der Waals surface area contributed by atoms with Crippen molar-refractivity contribution in [3.8, 4) is 0 Å². The minimum Gasteiger partial charge on any atom is -0.379 e. The lowest BCUT2D eigenvalue weighted by Crippen LogP contribution is -2.51. The zero-order valence-corrected chi connectivity index (χ0v) is 16.9. The van der Waals surface area contributed by atoms with E-state index in [2.05, 4.69) is 32.1 Å². The van der Waals surface area contributed by atoms with Crippen molar-refractivity contribution in [1.82, 2.24) is 20.0 Å². The van der Waals surface area contributed by atoms with Gasteiger partial charge in [0.2, 0.25) is 0 Å². The maximum atomic E-state index is 5.95. The van der Waals surface area contributed by atoms with Crippen molar-refractivity contribution < 1.29 is 4.74 Å². The largest absolute Gasteiger partial charge is 0.379 e. The molecule has 7 heteroatoms. The number of benzene rings is 1. The fourth-order valence-corrected chi connectivity index (χ4v) is 3.80. The van der Waals surface area contributed by atoms with Gasteiger partial charge in [0.15, 0.2) is 5.11 Å². The summed E-state index contributed by atoms with van der Waals surface area (Å²) in [5, 5.41) is 5.13. The molecule has 0 amide bonds. The van der Waals surface area contributed by atoms with Crippen LogP contribution in [0.5, 0.6) is 0 Å². The summed E-state index contributed by atoms with van der Waals surface area (Å²) in [5.74, 6) is 0. The van der Waals surface area contributed by atoms with E-state index in [9.17, 15) is 0 Å². The molecule has 2 aliphatic heterocycles. The number of piperazine rings is 1. The average molecular weight is 397 g/mol. The van der Waals surface area contributed by atoms with Crippen LogP contribution in [0.4, 0.5) is 0 Å². The number of halogens is 1. The Morgan fingerprint density at radius 2 is 1.69 bits per heavy atom. The van der Waals surface area contributed by atoms with Gasteiger partial charge in [-0.25, -0.2) is 0 Å². The smallest absolute Gasteiger partial charge is 0.169 e. The van der Waals surface area contributed by atoms with E-state index >= 15 is 0 Å². The van der Waals surface area contributed by atoms with E-state index in [1.807, 2.05) is 12.1 Å². The number of nitrogens with one attached hydrogen (secondary N) is 1. The molecule has 0 bridgehead atoms. The van der Waals surface area contributed by atoms with E-state index in [0.717, 1.165) is 88.7 Å². The molecule has 5 nitrogen and oxygen atoms in total. The van der Waals surface area contributed by atoms with Gasteiger partial charge >= 0.3 is 0 Å². The Kier molecular flexibility index (Phi) is 7.95. The van der Waals surface area contributed by atoms with Crippen molar-refractivity contribution in [1.29, 1.82) is 0 Å². The van der Waals surface area contributed by atoms with Crippen LogP contribution in [0.25, 0.3) is 0 Å². The number of rotatable bonds is 6. The molecule has 2 saturated heterocycles. The molecule has 1 N–H and O–H groups in total. The van der Waals surface area contributed by atoms with Crippen molar-refractivity contribution in [3.05, 3.63) is 34.9 Å². The molecular formula is C19H29ClN4OS. The minimum absolute atomic E-state index is 0.795. The third kappa shape index (κ3) is 6.35. The first-order valence-electron chi connectivity index (χ1n) is 9.50. The van der Waals surface area contributed by atoms with Gasteiger partial charge in [0.05, 0.1) is 13.2 Å². The zero-order chi connectivity index (χ0) is 18.2. The van der Waals surface area contributed by atoms with E-state index in [0.29, 0.717) is 0 Å². The third-order valence-corrected chi connectivity index (χ3v) is 5.66. The van der Waals surface area contributed by atoms with Crippen LogP contribution in [0.2, 0.25) is 5.02 Å². The van der Waals surface area contributed by atoms with Crippen molar-refractivity contribution in [2.24, 2.45) is 0 Å². The molecule has 2 fully saturated rings. The highest BCUT2D eigenvalue weighted by Gasteiger charge is 2.19. The summed E-state index contributed by atoms with van der Waals surface area (Å²) in [6.45, 7) is 10.9. The first-order chi connectivity index (χ1) is 12.7. The van der Waals surface area contributed by atoms with Crippen LogP contribution in [-0.4, -0.2) is 85.4 Å². The normalized spacial score (nSPS) is 19.5. The quantitative estimate of drug-likeness (QED) is 0.585. The van der Waals surface area contributed by atoms with Crippen molar-refractivity contribution >= 4 is 28.9 Å². The summed E-state index contributed by atoms with van der Waals surface area (Å²) >= 11 is 11.5. The number of ether oxygens (including phenoxy) is 1. The maximum Gasteiger partial charge on any atom is 0.169 e. The van der Waals surface area contributed by atoms with Crippen LogP contribution in [-0.2, 0) is 11.3 Å². The fourth-order valence-electron chi connectivity index (χ4n) is 3.39. The predicted octanol–water partition coefficient (Wildman–Crippen LogP) is 2.05. The molecule has 0 aliphatic carbocycles. The number of hydrogen-bond acceptors (Lipinski definition) is 4. The first-order valence-corrected chi connectivity index (χ1v) is 10.3. The lowest BCUT2D eigenvalue weighted by molar-refractivity contribution is 0.0375. The number of hydrogen-bond donors (Lipinski definition) is 1. The van der Waals surface area contributed by atoms with Crippen LogP contribution in [0.15, 0.2) is 24.3 Å². The molecule has 0 saturated carbocycles. The second-order valence-corrected chi connectivity index (χ2v) is 7.75. The molecule has 1 aromatic rings. The van der Waals surface area contributed by atoms with E-state index in [-0.39, 0.29) is 0 Å². The highest BCUT2D eigenvalue weighted by molar-refractivity contribution is 7.80. The molecule has 0 radical (unpaired) electrons. The van der Waals surface area contributed by atoms with Gasteiger partial charge in [-0.15, -0.1) is 0 Å². The van der Waals surface area contributed by atoms with Gasteiger partial charge < -0.3 is 15.0 Å². The summed E-state index contributed by atoms with van der Waals surface area (Å²) in [7, 11) is 0. The molecule has 0 unspecified atom stereocenters. The van der Waals surface area contributed by atoms with E-state index in [1.54, 1.807) is 0 Å². The summed E-state index contributed by atoms with van der Waals surface area (Å²) in [4.78, 5) is 7.23. The molecule has 3 rings (SSSR count). The summed E-state index contributed by atoms with van der Waals surface area (Å²) in [5.41, 5.74) is 1.31. The molecule has 1 aromatic carbocycles. The highest BCUT2D eigenvalue weighted by atomic mass is 35.5. The Bertz CT molecular complexity index is 557. The Labute approximate surface area is 167 Å². The van der Waals surface area contributed by atoms with Gasteiger partial charge in [-0.05, 0) is 42.9 Å². The lowest BCUT2D eigenvalue weighted by Gasteiger charge is -2.36. The number of thiocarbonyl (C=S) groups is 1. The maximum absolute atomic E-state index is 5.95. The molecule has 0 aromatic heterocycles. The summed E-state index contributed by atoms with van der Waals surface area (Å²) in [6.07, 6.45) is 1.12. The fraction of sp³-hybridized carbons (Fsp3) is 0.632. The van der Waals surface area contributed by atoms with Crippen LogP contribution >= 0.6 is 23.8 Å².